The molecule has 0 radical (unpaired) electrons. The van der Waals surface area contributed by atoms with Gasteiger partial charge in [0.15, 0.2) is 0 Å². The van der Waals surface area contributed by atoms with Crippen LogP contribution < -0.4 is 0 Å². The van der Waals surface area contributed by atoms with Gasteiger partial charge in [0, 0.05) is 7.05 Å². The number of nitrogens with zero attached hydrogens (tertiary/aromatic N) is 2. The van der Waals surface area contributed by atoms with Crippen molar-refractivity contribution in [3.63, 3.8) is 0 Å². The molecule has 9 heavy (non-hydrogen) atoms. The van der Waals surface area contributed by atoms with E-state index in [9.17, 15) is 0 Å². The summed E-state index contributed by atoms with van der Waals surface area (Å²) >= 11 is 0. The Hall–Kier alpha value is -1.36. The van der Waals surface area contributed by atoms with Gasteiger partial charge in [0.2, 0.25) is 0 Å². The third kappa shape index (κ3) is 3.24. The molecule has 0 aromatic rings. The Balaban J connectivity index is 4.05. The zero-order valence-corrected chi connectivity index (χ0v) is 5.33. The Morgan fingerprint density at radius 3 is 2.78 bits per heavy atom. The molecule has 0 amide bonds. The average molecular weight is 120 g/mol. The molecule has 0 aromatic heterocycles. The first kappa shape index (κ1) is 7.64. The first-order chi connectivity index (χ1) is 4.35. The Morgan fingerprint density at radius 2 is 2.44 bits per heavy atom. The van der Waals surface area contributed by atoms with Gasteiger partial charge >= 0.3 is 0 Å². The van der Waals surface area contributed by atoms with Gasteiger partial charge in [0.05, 0.1) is 0 Å². The van der Waals surface area contributed by atoms with Crippen molar-refractivity contribution in [2.24, 2.45) is 4.99 Å². The van der Waals surface area contributed by atoms with E-state index in [2.05, 4.69) is 11.6 Å². The molecule has 0 fully saturated rings. The predicted molar refractivity (Wildman–Crippen MR) is 38.3 cm³/mol. The molecule has 0 aromatic carbocycles. The van der Waals surface area contributed by atoms with E-state index in [1.165, 1.54) is 0 Å². The maximum atomic E-state index is 8.29. The lowest BCUT2D eigenvalue weighted by Crippen LogP contribution is -1.84. The fourth-order valence-corrected chi connectivity index (χ4v) is 0.321. The van der Waals surface area contributed by atoms with Crippen molar-refractivity contribution in [2.45, 2.75) is 0 Å². The number of hydrogen-bond acceptors (Lipinski definition) is 2. The summed E-state index contributed by atoms with van der Waals surface area (Å²) in [6, 6.07) is 1.90. The van der Waals surface area contributed by atoms with Crippen molar-refractivity contribution in [2.75, 3.05) is 7.05 Å². The van der Waals surface area contributed by atoms with Crippen LogP contribution in [0.1, 0.15) is 0 Å². The van der Waals surface area contributed by atoms with Crippen LogP contribution in [0.5, 0.6) is 0 Å². The number of rotatable bonds is 2. The van der Waals surface area contributed by atoms with Gasteiger partial charge in [-0.15, -0.1) is 0 Å². The first-order valence-electron chi connectivity index (χ1n) is 2.51. The fourth-order valence-electron chi connectivity index (χ4n) is 0.321. The minimum absolute atomic E-state index is 0.412. The van der Waals surface area contributed by atoms with E-state index < -0.39 is 0 Å². The van der Waals surface area contributed by atoms with Crippen LogP contribution in [0.4, 0.5) is 0 Å². The molecule has 2 nitrogen and oxygen atoms in total. The summed E-state index contributed by atoms with van der Waals surface area (Å²) in [5.41, 5.74) is 0.412. The SMILES string of the molecule is C=C/C=C\C(C#N)=N/C. The highest BCUT2D eigenvalue weighted by Crippen LogP contribution is 1.78. The second-order valence-corrected chi connectivity index (χ2v) is 1.32. The van der Waals surface area contributed by atoms with Crippen LogP contribution in [-0.4, -0.2) is 12.8 Å². The van der Waals surface area contributed by atoms with Crippen LogP contribution in [0.2, 0.25) is 0 Å². The maximum absolute atomic E-state index is 8.29. The summed E-state index contributed by atoms with van der Waals surface area (Å²) < 4.78 is 0. The number of allylic oxidation sites excluding steroid dienone is 3. The monoisotopic (exact) mass is 120 g/mol. The smallest absolute Gasteiger partial charge is 0.134 e. The molecule has 0 aliphatic rings. The highest BCUT2D eigenvalue weighted by molar-refractivity contribution is 6.07. The number of aliphatic imine (C=N–C) groups is 1. The molecule has 2 heteroatoms. The Kier molecular flexibility index (Phi) is 4.07. The van der Waals surface area contributed by atoms with Gasteiger partial charge in [-0.05, 0) is 6.08 Å². The lowest BCUT2D eigenvalue weighted by Gasteiger charge is -1.78. The van der Waals surface area contributed by atoms with E-state index in [0.717, 1.165) is 0 Å². The molecule has 0 bridgehead atoms. The van der Waals surface area contributed by atoms with Crippen LogP contribution in [0.3, 0.4) is 0 Å². The quantitative estimate of drug-likeness (QED) is 0.400. The van der Waals surface area contributed by atoms with Crippen molar-refractivity contribution in [3.05, 3.63) is 24.8 Å². The van der Waals surface area contributed by atoms with E-state index >= 15 is 0 Å². The summed E-state index contributed by atoms with van der Waals surface area (Å²) in [7, 11) is 1.58. The topological polar surface area (TPSA) is 36.1 Å². The molecule has 0 spiro atoms. The van der Waals surface area contributed by atoms with E-state index in [1.807, 2.05) is 6.07 Å². The minimum Gasteiger partial charge on any atom is -0.278 e. The maximum Gasteiger partial charge on any atom is 0.134 e. The average Bonchev–Trinajstić information content (AvgIpc) is 1.91. The molecule has 46 valence electrons. The highest BCUT2D eigenvalue weighted by Gasteiger charge is 1.82. The summed E-state index contributed by atoms with van der Waals surface area (Å²) in [5, 5.41) is 8.29. The van der Waals surface area contributed by atoms with Crippen molar-refractivity contribution >= 4 is 5.71 Å². The molecule has 0 unspecified atom stereocenters. The van der Waals surface area contributed by atoms with Crippen molar-refractivity contribution < 1.29 is 0 Å². The summed E-state index contributed by atoms with van der Waals surface area (Å²) in [5.74, 6) is 0. The van der Waals surface area contributed by atoms with Gasteiger partial charge in [0.1, 0.15) is 11.8 Å². The van der Waals surface area contributed by atoms with Crippen LogP contribution in [0, 0.1) is 11.3 Å². The normalized spacial score (nSPS) is 11.3. The predicted octanol–water partition coefficient (Wildman–Crippen LogP) is 1.32. The summed E-state index contributed by atoms with van der Waals surface area (Å²) in [4.78, 5) is 3.66. The second-order valence-electron chi connectivity index (χ2n) is 1.32. The lowest BCUT2D eigenvalue weighted by molar-refractivity contribution is 1.44. The molecule has 0 aliphatic carbocycles. The van der Waals surface area contributed by atoms with Gasteiger partial charge in [-0.25, -0.2) is 0 Å². The van der Waals surface area contributed by atoms with Gasteiger partial charge in [-0.1, -0.05) is 18.7 Å². The van der Waals surface area contributed by atoms with Crippen LogP contribution in [0.15, 0.2) is 29.8 Å². The minimum atomic E-state index is 0.412. The third-order valence-electron chi connectivity index (χ3n) is 0.746. The fraction of sp³-hybridized carbons (Fsp3) is 0.143. The first-order valence-corrected chi connectivity index (χ1v) is 2.51. The van der Waals surface area contributed by atoms with Gasteiger partial charge in [-0.3, -0.25) is 4.99 Å². The van der Waals surface area contributed by atoms with Gasteiger partial charge < -0.3 is 0 Å². The number of nitriles is 1. The van der Waals surface area contributed by atoms with Gasteiger partial charge in [0.25, 0.3) is 0 Å². The molecule has 0 rings (SSSR count). The lowest BCUT2D eigenvalue weighted by atomic mass is 10.3. The van der Waals surface area contributed by atoms with Gasteiger partial charge in [-0.2, -0.15) is 5.26 Å². The molecule has 0 saturated heterocycles. The Bertz CT molecular complexity index is 182. The van der Waals surface area contributed by atoms with E-state index in [0.29, 0.717) is 5.71 Å². The van der Waals surface area contributed by atoms with Crippen LogP contribution >= 0.6 is 0 Å². The van der Waals surface area contributed by atoms with Crippen molar-refractivity contribution in [1.29, 1.82) is 5.26 Å². The molecular formula is C7H8N2. The molecule has 0 atom stereocenters. The number of hydrogen-bond donors (Lipinski definition) is 0. The van der Waals surface area contributed by atoms with Crippen LogP contribution in [0.25, 0.3) is 0 Å². The van der Waals surface area contributed by atoms with Crippen LogP contribution in [-0.2, 0) is 0 Å². The third-order valence-corrected chi connectivity index (χ3v) is 0.746. The second kappa shape index (κ2) is 4.79. The Morgan fingerprint density at radius 1 is 1.78 bits per heavy atom. The van der Waals surface area contributed by atoms with Crippen molar-refractivity contribution in [3.8, 4) is 6.07 Å². The zero-order chi connectivity index (χ0) is 7.11. The Labute approximate surface area is 54.8 Å². The standard InChI is InChI=1S/C7H8N2/c1-3-4-5-7(6-8)9-2/h3-5H,1H2,2H3/b5-4-,9-7+. The summed E-state index contributed by atoms with van der Waals surface area (Å²) in [6.07, 6.45) is 4.88. The zero-order valence-electron chi connectivity index (χ0n) is 5.33. The van der Waals surface area contributed by atoms with E-state index in [1.54, 1.807) is 25.3 Å². The molecular weight excluding hydrogens is 112 g/mol. The summed E-state index contributed by atoms with van der Waals surface area (Å²) in [6.45, 7) is 3.45. The molecule has 0 saturated carbocycles. The van der Waals surface area contributed by atoms with Crippen molar-refractivity contribution in [1.82, 2.24) is 0 Å². The highest BCUT2D eigenvalue weighted by atomic mass is 14.7. The van der Waals surface area contributed by atoms with E-state index in [-0.39, 0.29) is 0 Å². The molecule has 0 N–H and O–H groups in total. The molecule has 0 heterocycles. The largest absolute Gasteiger partial charge is 0.278 e. The molecule has 0 aliphatic heterocycles. The van der Waals surface area contributed by atoms with E-state index in [4.69, 9.17) is 5.26 Å².